The van der Waals surface area contributed by atoms with Crippen LogP contribution in [0, 0.1) is 22.0 Å². The third kappa shape index (κ3) is 7.02. The minimum atomic E-state index is -1.94. The smallest absolute Gasteiger partial charge is 0.356 e. The maximum atomic E-state index is 13.8. The molecule has 12 heteroatoms. The summed E-state index contributed by atoms with van der Waals surface area (Å²) in [4.78, 5) is 56.6. The van der Waals surface area contributed by atoms with Gasteiger partial charge in [0.25, 0.3) is 11.6 Å². The highest BCUT2D eigenvalue weighted by molar-refractivity contribution is 8.03. The van der Waals surface area contributed by atoms with E-state index in [1.165, 1.54) is 23.9 Å². The molecule has 2 fully saturated rings. The number of ether oxygens (including phenoxy) is 1. The van der Waals surface area contributed by atoms with Crippen molar-refractivity contribution >= 4 is 43.6 Å². The number of nitro groups is 1. The van der Waals surface area contributed by atoms with Crippen LogP contribution in [0.1, 0.15) is 55.5 Å². The van der Waals surface area contributed by atoms with Gasteiger partial charge in [0.05, 0.1) is 28.6 Å². The first kappa shape index (κ1) is 32.9. The van der Waals surface area contributed by atoms with Crippen LogP contribution >= 0.6 is 11.8 Å². The molecule has 10 nitrogen and oxygen atoms in total. The number of carbonyl (C=O) groups excluding carboxylic acids is 3. The van der Waals surface area contributed by atoms with E-state index in [9.17, 15) is 24.5 Å². The summed E-state index contributed by atoms with van der Waals surface area (Å²) in [7, 11) is -1.94. The van der Waals surface area contributed by atoms with Crippen LogP contribution in [0.4, 0.5) is 5.69 Å². The van der Waals surface area contributed by atoms with Gasteiger partial charge in [0.2, 0.25) is 5.91 Å². The van der Waals surface area contributed by atoms with Crippen LogP contribution in [0.15, 0.2) is 64.0 Å². The van der Waals surface area contributed by atoms with Crippen LogP contribution in [-0.2, 0) is 25.4 Å². The molecular formula is C33H41N3O7SSi. The fourth-order valence-electron chi connectivity index (χ4n) is 6.49. The third-order valence-electron chi connectivity index (χ3n) is 8.58. The van der Waals surface area contributed by atoms with Crippen LogP contribution in [0.25, 0.3) is 0 Å². The highest BCUT2D eigenvalue weighted by Crippen LogP contribution is 2.53. The molecule has 4 atom stereocenters. The SMILES string of the molecule is CC(O[Si](C)(C)C)C1C(=O)N2C(C(=O)OCc3ccc([N+](=O)[O-])cc3)=C(Sc3ccccc3C(=O)N3CCCCCC3)C(C)[C@H]12. The number of thioether (sulfide) groups is 1. The van der Waals surface area contributed by atoms with Crippen molar-refractivity contribution in [1.29, 1.82) is 0 Å². The first-order valence-corrected chi connectivity index (χ1v) is 19.8. The predicted molar refractivity (Wildman–Crippen MR) is 174 cm³/mol. The summed E-state index contributed by atoms with van der Waals surface area (Å²) in [5.41, 5.74) is 1.30. The van der Waals surface area contributed by atoms with Crippen molar-refractivity contribution in [3.63, 3.8) is 0 Å². The van der Waals surface area contributed by atoms with Gasteiger partial charge in [-0.3, -0.25) is 19.7 Å². The Morgan fingerprint density at radius 2 is 1.69 bits per heavy atom. The first-order valence-electron chi connectivity index (χ1n) is 15.6. The second kappa shape index (κ2) is 13.5. The summed E-state index contributed by atoms with van der Waals surface area (Å²) < 4.78 is 12.0. The van der Waals surface area contributed by atoms with Crippen LogP contribution in [-0.4, -0.2) is 66.1 Å². The first-order chi connectivity index (χ1) is 21.4. The minimum Gasteiger partial charge on any atom is -0.456 e. The van der Waals surface area contributed by atoms with Gasteiger partial charge < -0.3 is 19.0 Å². The number of hydrogen-bond donors (Lipinski definition) is 0. The summed E-state index contributed by atoms with van der Waals surface area (Å²) in [6.07, 6.45) is 3.87. The Morgan fingerprint density at radius 3 is 2.31 bits per heavy atom. The fraction of sp³-hybridized carbons (Fsp3) is 0.485. The van der Waals surface area contributed by atoms with Crippen molar-refractivity contribution in [3.05, 3.63) is 80.4 Å². The van der Waals surface area contributed by atoms with Gasteiger partial charge in [0.15, 0.2) is 8.32 Å². The Labute approximate surface area is 269 Å². The van der Waals surface area contributed by atoms with Crippen molar-refractivity contribution in [2.45, 2.75) is 82.8 Å². The van der Waals surface area contributed by atoms with E-state index in [4.69, 9.17) is 9.16 Å². The Morgan fingerprint density at radius 1 is 1.04 bits per heavy atom. The van der Waals surface area contributed by atoms with Gasteiger partial charge in [0, 0.05) is 40.9 Å². The van der Waals surface area contributed by atoms with Crippen LogP contribution < -0.4 is 0 Å². The lowest BCUT2D eigenvalue weighted by Crippen LogP contribution is -2.64. The van der Waals surface area contributed by atoms with E-state index >= 15 is 0 Å². The van der Waals surface area contributed by atoms with E-state index in [0.29, 0.717) is 16.0 Å². The van der Waals surface area contributed by atoms with Gasteiger partial charge in [0.1, 0.15) is 12.3 Å². The van der Waals surface area contributed by atoms with Crippen molar-refractivity contribution in [1.82, 2.24) is 9.80 Å². The minimum absolute atomic E-state index is 0.0251. The molecule has 0 saturated carbocycles. The molecule has 45 heavy (non-hydrogen) atoms. The van der Waals surface area contributed by atoms with E-state index in [1.54, 1.807) is 17.0 Å². The summed E-state index contributed by atoms with van der Waals surface area (Å²) >= 11 is 1.35. The average molecular weight is 652 g/mol. The molecule has 2 saturated heterocycles. The number of rotatable bonds is 10. The van der Waals surface area contributed by atoms with Gasteiger partial charge in [-0.15, -0.1) is 0 Å². The molecule has 3 unspecified atom stereocenters. The van der Waals surface area contributed by atoms with Gasteiger partial charge in [-0.2, -0.15) is 0 Å². The number of amides is 2. The van der Waals surface area contributed by atoms with Crippen molar-refractivity contribution < 1.29 is 28.5 Å². The highest BCUT2D eigenvalue weighted by atomic mass is 32.2. The molecule has 0 aliphatic carbocycles. The molecule has 3 aliphatic heterocycles. The highest BCUT2D eigenvalue weighted by Gasteiger charge is 2.61. The lowest BCUT2D eigenvalue weighted by Gasteiger charge is -2.48. The van der Waals surface area contributed by atoms with Crippen molar-refractivity contribution in [3.8, 4) is 0 Å². The van der Waals surface area contributed by atoms with Gasteiger partial charge in [-0.05, 0) is 69.2 Å². The van der Waals surface area contributed by atoms with Gasteiger partial charge in [-0.1, -0.05) is 43.7 Å². The number of β-lactam (4-membered cyclic amide) rings is 1. The van der Waals surface area contributed by atoms with Crippen LogP contribution in [0.5, 0.6) is 0 Å². The molecular weight excluding hydrogens is 611 g/mol. The molecule has 0 aromatic heterocycles. The number of non-ortho nitro benzene ring substituents is 1. The van der Waals surface area contributed by atoms with Gasteiger partial charge >= 0.3 is 5.97 Å². The number of esters is 1. The zero-order chi connectivity index (χ0) is 32.5. The molecule has 2 amide bonds. The lowest BCUT2D eigenvalue weighted by atomic mass is 9.79. The molecule has 2 aromatic rings. The molecule has 5 rings (SSSR count). The molecule has 0 bridgehead atoms. The zero-order valence-corrected chi connectivity index (χ0v) is 28.3. The molecule has 3 aliphatic rings. The summed E-state index contributed by atoms with van der Waals surface area (Å²) in [5, 5.41) is 11.0. The molecule has 0 spiro atoms. The van der Waals surface area contributed by atoms with E-state index < -0.39 is 25.1 Å². The van der Waals surface area contributed by atoms with E-state index in [2.05, 4.69) is 19.6 Å². The number of nitrogens with zero attached hydrogens (tertiary/aromatic N) is 3. The Hall–Kier alpha value is -3.48. The van der Waals surface area contributed by atoms with Crippen LogP contribution in [0.3, 0.4) is 0 Å². The number of likely N-dealkylation sites (tertiary alicyclic amines) is 1. The third-order valence-corrected chi connectivity index (χ3v) is 11.0. The van der Waals surface area contributed by atoms with Crippen molar-refractivity contribution in [2.24, 2.45) is 11.8 Å². The number of benzene rings is 2. The molecule has 0 N–H and O–H groups in total. The lowest BCUT2D eigenvalue weighted by molar-refractivity contribution is -0.384. The maximum absolute atomic E-state index is 13.8. The monoisotopic (exact) mass is 651 g/mol. The number of nitro benzene ring substituents is 1. The van der Waals surface area contributed by atoms with E-state index in [1.807, 2.05) is 43.0 Å². The number of hydrogen-bond acceptors (Lipinski definition) is 8. The van der Waals surface area contributed by atoms with E-state index in [-0.39, 0.29) is 47.9 Å². The Bertz CT molecular complexity index is 1500. The normalized spacial score (nSPS) is 22.4. The zero-order valence-electron chi connectivity index (χ0n) is 26.5. The second-order valence-corrected chi connectivity index (χ2v) is 18.5. The number of carbonyl (C=O) groups is 3. The topological polar surface area (TPSA) is 119 Å². The van der Waals surface area contributed by atoms with E-state index in [0.717, 1.165) is 43.7 Å². The molecule has 240 valence electrons. The van der Waals surface area contributed by atoms with Gasteiger partial charge in [-0.25, -0.2) is 4.79 Å². The Kier molecular flexibility index (Phi) is 9.85. The molecule has 0 radical (unpaired) electrons. The van der Waals surface area contributed by atoms with Crippen LogP contribution in [0.2, 0.25) is 19.6 Å². The Balaban J connectivity index is 1.45. The summed E-state index contributed by atoms with van der Waals surface area (Å²) in [6.45, 7) is 11.5. The molecule has 3 heterocycles. The summed E-state index contributed by atoms with van der Waals surface area (Å²) in [5.74, 6) is -1.45. The summed E-state index contributed by atoms with van der Waals surface area (Å²) in [6, 6.07) is 13.0. The second-order valence-electron chi connectivity index (χ2n) is 13.0. The number of fused-ring (bicyclic) bond motifs is 1. The maximum Gasteiger partial charge on any atom is 0.356 e. The fourth-order valence-corrected chi connectivity index (χ4v) is 9.01. The predicted octanol–water partition coefficient (Wildman–Crippen LogP) is 6.37. The molecule has 2 aromatic carbocycles. The largest absolute Gasteiger partial charge is 0.456 e. The standard InChI is InChI=1S/C33H41N3O7SSi/c1-21-28-27(22(2)43-45(3,4)5)32(38)35(28)29(33(39)42-20-23-14-16-24(17-15-23)36(40)41)30(21)44-26-13-9-8-12-25(26)31(37)34-18-10-6-7-11-19-34/h8-9,12-17,21-22,27-28H,6-7,10-11,18-20H2,1-5H3/t21?,22?,27?,28-/m1/s1. The average Bonchev–Trinajstić information content (AvgIpc) is 3.14. The quantitative estimate of drug-likeness (QED) is 0.0956. The van der Waals surface area contributed by atoms with Crippen molar-refractivity contribution in [2.75, 3.05) is 13.1 Å².